The van der Waals surface area contributed by atoms with E-state index in [1.165, 1.54) is 38.5 Å². The van der Waals surface area contributed by atoms with Crippen molar-refractivity contribution in [2.24, 2.45) is 0 Å². The number of aryl methyl sites for hydroxylation is 1. The van der Waals surface area contributed by atoms with Crippen LogP contribution in [0.1, 0.15) is 68.1 Å². The zero-order valence-corrected chi connectivity index (χ0v) is 14.3. The number of carbonyl (C=O) groups excluding carboxylic acids is 1. The number of nitrogens with one attached hydrogen (secondary N) is 3. The highest BCUT2D eigenvalue weighted by atomic mass is 16.6. The largest absolute Gasteiger partial charge is 0.349 e. The number of aromatic amines is 1. The van der Waals surface area contributed by atoms with Crippen molar-refractivity contribution in [2.75, 3.05) is 13.1 Å². The quantitative estimate of drug-likeness (QED) is 0.291. The van der Waals surface area contributed by atoms with Gasteiger partial charge in [-0.1, -0.05) is 39.0 Å². The summed E-state index contributed by atoms with van der Waals surface area (Å²) < 4.78 is 0. The third-order valence-corrected chi connectivity index (χ3v) is 4.41. The Hall–Kier alpha value is -1.96. The van der Waals surface area contributed by atoms with Crippen LogP contribution in [0.25, 0.3) is 0 Å². The van der Waals surface area contributed by atoms with Crippen LogP contribution in [0, 0.1) is 10.1 Å². The van der Waals surface area contributed by atoms with E-state index in [0.717, 1.165) is 6.42 Å². The number of hydrogen-bond donors (Lipinski definition) is 3. The summed E-state index contributed by atoms with van der Waals surface area (Å²) in [6.45, 7) is 3.02. The Balaban J connectivity index is 1.83. The van der Waals surface area contributed by atoms with E-state index in [0.29, 0.717) is 31.2 Å². The fourth-order valence-electron chi connectivity index (χ4n) is 3.17. The number of rotatable bonds is 8. The maximum Gasteiger partial charge on any atom is 0.322 e. The molecule has 1 fully saturated rings. The molecule has 0 spiro atoms. The van der Waals surface area contributed by atoms with Gasteiger partial charge < -0.3 is 10.6 Å². The third-order valence-electron chi connectivity index (χ3n) is 4.41. The predicted octanol–water partition coefficient (Wildman–Crippen LogP) is 2.31. The first-order valence-corrected chi connectivity index (χ1v) is 8.86. The summed E-state index contributed by atoms with van der Waals surface area (Å²) in [6, 6.07) is 0.514. The molecule has 1 amide bonds. The van der Waals surface area contributed by atoms with Crippen molar-refractivity contribution in [2.45, 2.75) is 64.3 Å². The first-order chi connectivity index (χ1) is 11.6. The molecule has 24 heavy (non-hydrogen) atoms. The molecule has 1 aromatic heterocycles. The van der Waals surface area contributed by atoms with Crippen molar-refractivity contribution in [3.63, 3.8) is 0 Å². The minimum absolute atomic E-state index is 0.127. The maximum absolute atomic E-state index is 12.2. The number of H-pyrrole nitrogens is 1. The predicted molar refractivity (Wildman–Crippen MR) is 91.1 cm³/mol. The number of carbonyl (C=O) groups is 1. The van der Waals surface area contributed by atoms with Gasteiger partial charge in [-0.05, 0) is 19.3 Å². The summed E-state index contributed by atoms with van der Waals surface area (Å²) in [7, 11) is 0. The van der Waals surface area contributed by atoms with Crippen LogP contribution in [0.2, 0.25) is 0 Å². The van der Waals surface area contributed by atoms with E-state index in [2.05, 4.69) is 20.8 Å². The minimum Gasteiger partial charge on any atom is -0.349 e. The van der Waals surface area contributed by atoms with Crippen molar-refractivity contribution in [3.8, 4) is 0 Å². The van der Waals surface area contributed by atoms with Crippen LogP contribution >= 0.6 is 0 Å². The molecular formula is C16H27N5O3. The van der Waals surface area contributed by atoms with Crippen molar-refractivity contribution in [1.82, 2.24) is 20.8 Å². The van der Waals surface area contributed by atoms with E-state index >= 15 is 0 Å². The second-order valence-corrected chi connectivity index (χ2v) is 6.30. The zero-order chi connectivity index (χ0) is 17.4. The monoisotopic (exact) mass is 337 g/mol. The lowest BCUT2D eigenvalue weighted by molar-refractivity contribution is -0.385. The molecule has 2 rings (SSSR count). The van der Waals surface area contributed by atoms with E-state index in [4.69, 9.17) is 0 Å². The van der Waals surface area contributed by atoms with Gasteiger partial charge in [0.05, 0.1) is 4.92 Å². The average molecular weight is 337 g/mol. The molecular weight excluding hydrogens is 310 g/mol. The van der Waals surface area contributed by atoms with Gasteiger partial charge in [-0.25, -0.2) is 0 Å². The van der Waals surface area contributed by atoms with Gasteiger partial charge in [-0.15, -0.1) is 0 Å². The molecule has 8 heteroatoms. The molecule has 134 valence electrons. The van der Waals surface area contributed by atoms with Crippen LogP contribution in [0.3, 0.4) is 0 Å². The van der Waals surface area contributed by atoms with Crippen LogP contribution < -0.4 is 10.6 Å². The lowest BCUT2D eigenvalue weighted by Gasteiger charge is -2.16. The van der Waals surface area contributed by atoms with E-state index in [-0.39, 0.29) is 11.4 Å². The van der Waals surface area contributed by atoms with Gasteiger partial charge in [0.1, 0.15) is 5.69 Å². The molecule has 0 atom stereocenters. The highest BCUT2D eigenvalue weighted by molar-refractivity contribution is 5.96. The van der Waals surface area contributed by atoms with Gasteiger partial charge >= 0.3 is 5.69 Å². The molecule has 3 N–H and O–H groups in total. The summed E-state index contributed by atoms with van der Waals surface area (Å²) in [5.41, 5.74) is 0.0771. The second-order valence-electron chi connectivity index (χ2n) is 6.30. The minimum atomic E-state index is -0.535. The van der Waals surface area contributed by atoms with Crippen molar-refractivity contribution < 1.29 is 9.72 Å². The molecule has 0 bridgehead atoms. The fraction of sp³-hybridized carbons (Fsp3) is 0.750. The van der Waals surface area contributed by atoms with Crippen LogP contribution in [0.4, 0.5) is 5.69 Å². The lowest BCUT2D eigenvalue weighted by Crippen LogP contribution is -2.37. The van der Waals surface area contributed by atoms with Crippen LogP contribution in [0.5, 0.6) is 0 Å². The molecule has 1 saturated carbocycles. The van der Waals surface area contributed by atoms with Crippen LogP contribution in [-0.2, 0) is 6.42 Å². The summed E-state index contributed by atoms with van der Waals surface area (Å²) in [6.07, 6.45) is 8.72. The van der Waals surface area contributed by atoms with E-state index in [9.17, 15) is 14.9 Å². The third kappa shape index (κ3) is 5.02. The highest BCUT2D eigenvalue weighted by Crippen LogP contribution is 2.22. The van der Waals surface area contributed by atoms with Crippen LogP contribution in [-0.4, -0.2) is 40.2 Å². The first kappa shape index (κ1) is 18.4. The number of amides is 1. The van der Waals surface area contributed by atoms with Gasteiger partial charge in [0.15, 0.2) is 0 Å². The topological polar surface area (TPSA) is 113 Å². The summed E-state index contributed by atoms with van der Waals surface area (Å²) in [5, 5.41) is 23.8. The van der Waals surface area contributed by atoms with Crippen molar-refractivity contribution >= 4 is 11.6 Å². The summed E-state index contributed by atoms with van der Waals surface area (Å²) in [4.78, 5) is 22.8. The van der Waals surface area contributed by atoms with E-state index in [1.807, 2.05) is 6.92 Å². The average Bonchev–Trinajstić information content (AvgIpc) is 2.80. The zero-order valence-electron chi connectivity index (χ0n) is 14.3. The molecule has 1 heterocycles. The Morgan fingerprint density at radius 2 is 2.00 bits per heavy atom. The fourth-order valence-corrected chi connectivity index (χ4v) is 3.17. The van der Waals surface area contributed by atoms with E-state index in [1.54, 1.807) is 0 Å². The van der Waals surface area contributed by atoms with Crippen molar-refractivity contribution in [1.29, 1.82) is 0 Å². The number of hydrogen-bond acceptors (Lipinski definition) is 5. The Morgan fingerprint density at radius 3 is 2.62 bits per heavy atom. The SMILES string of the molecule is CCCc1[nH]nc(C(=O)NCCNC2CCCCCC2)c1[N+](=O)[O-]. The van der Waals surface area contributed by atoms with E-state index < -0.39 is 10.8 Å². The molecule has 8 nitrogen and oxygen atoms in total. The Bertz CT molecular complexity index is 550. The highest BCUT2D eigenvalue weighted by Gasteiger charge is 2.28. The summed E-state index contributed by atoms with van der Waals surface area (Å²) >= 11 is 0. The van der Waals surface area contributed by atoms with Crippen molar-refractivity contribution in [3.05, 3.63) is 21.5 Å². The first-order valence-electron chi connectivity index (χ1n) is 8.86. The lowest BCUT2D eigenvalue weighted by atomic mass is 10.1. The number of nitro groups is 1. The number of nitrogens with zero attached hydrogens (tertiary/aromatic N) is 2. The van der Waals surface area contributed by atoms with Gasteiger partial charge in [-0.3, -0.25) is 20.0 Å². The van der Waals surface area contributed by atoms with Gasteiger partial charge in [0.2, 0.25) is 5.69 Å². The molecule has 1 aliphatic rings. The Morgan fingerprint density at radius 1 is 1.29 bits per heavy atom. The maximum atomic E-state index is 12.2. The normalized spacial score (nSPS) is 15.9. The smallest absolute Gasteiger partial charge is 0.322 e. The standard InChI is InChI=1S/C16H27N5O3/c1-2-7-13-15(21(23)24)14(20-19-13)16(22)18-11-10-17-12-8-5-3-4-6-9-12/h12,17H,2-11H2,1H3,(H,18,22)(H,19,20). The molecule has 0 aliphatic heterocycles. The van der Waals surface area contributed by atoms with Gasteiger partial charge in [-0.2, -0.15) is 5.10 Å². The molecule has 0 saturated heterocycles. The van der Waals surface area contributed by atoms with Gasteiger partial charge in [0.25, 0.3) is 5.91 Å². The molecule has 0 radical (unpaired) electrons. The molecule has 1 aliphatic carbocycles. The summed E-state index contributed by atoms with van der Waals surface area (Å²) in [5.74, 6) is -0.497. The van der Waals surface area contributed by atoms with Crippen LogP contribution in [0.15, 0.2) is 0 Å². The molecule has 1 aromatic rings. The Kier molecular flexibility index (Phi) is 7.17. The molecule has 0 unspecified atom stereocenters. The number of aromatic nitrogens is 2. The molecule has 0 aromatic carbocycles. The Labute approximate surface area is 141 Å². The second kappa shape index (κ2) is 9.36. The van der Waals surface area contributed by atoms with Gasteiger partial charge in [0, 0.05) is 19.1 Å².